The Kier molecular flexibility index (Phi) is 12.1. The number of carbonyl (C=O) groups is 3. The number of halogens is 6. The highest BCUT2D eigenvalue weighted by Crippen LogP contribution is 2.33. The van der Waals surface area contributed by atoms with Crippen molar-refractivity contribution in [2.45, 2.75) is 58.0 Å². The summed E-state index contributed by atoms with van der Waals surface area (Å²) in [6, 6.07) is 15.5. The van der Waals surface area contributed by atoms with Crippen LogP contribution in [0.15, 0.2) is 59.6 Å². The number of carbonyl (C=O) groups excluding carboxylic acids is 3. The Balaban J connectivity index is 1.99. The van der Waals surface area contributed by atoms with Crippen LogP contribution in [0.25, 0.3) is 0 Å². The van der Waals surface area contributed by atoms with Crippen LogP contribution in [-0.2, 0) is 14.4 Å². The van der Waals surface area contributed by atoms with Crippen molar-refractivity contribution in [2.75, 3.05) is 25.2 Å². The summed E-state index contributed by atoms with van der Waals surface area (Å²) in [5.41, 5.74) is 1.88. The van der Waals surface area contributed by atoms with Gasteiger partial charge in [-0.3, -0.25) is 19.7 Å². The van der Waals surface area contributed by atoms with Crippen LogP contribution in [0.5, 0.6) is 0 Å². The van der Waals surface area contributed by atoms with E-state index in [4.69, 9.17) is 0 Å². The summed E-state index contributed by atoms with van der Waals surface area (Å²) in [7, 11) is 1.44. The number of anilines is 1. The lowest BCUT2D eigenvalue weighted by atomic mass is 9.83. The van der Waals surface area contributed by atoms with Gasteiger partial charge in [0.05, 0.1) is 18.1 Å². The van der Waals surface area contributed by atoms with E-state index in [0.717, 1.165) is 0 Å². The molecule has 2 aromatic carbocycles. The number of para-hydroxylation sites is 1. The molecule has 1 aliphatic rings. The van der Waals surface area contributed by atoms with Gasteiger partial charge in [0.2, 0.25) is 18.0 Å². The maximum Gasteiger partial charge on any atom is 0.389 e. The van der Waals surface area contributed by atoms with Gasteiger partial charge in [-0.1, -0.05) is 62.4 Å². The van der Waals surface area contributed by atoms with Crippen LogP contribution in [0, 0.1) is 17.8 Å². The number of nitrogens with one attached hydrogen (secondary N) is 3. The van der Waals surface area contributed by atoms with Crippen molar-refractivity contribution in [2.24, 2.45) is 22.7 Å². The molecule has 0 aromatic heterocycles. The minimum atomic E-state index is -4.76. The number of aliphatic imine (C=N–C) groups is 1. The third-order valence-corrected chi connectivity index (χ3v) is 7.25. The van der Waals surface area contributed by atoms with Gasteiger partial charge in [-0.05, 0) is 31.4 Å². The van der Waals surface area contributed by atoms with Crippen LogP contribution in [0.3, 0.4) is 0 Å². The first kappa shape index (κ1) is 35.5. The van der Waals surface area contributed by atoms with Gasteiger partial charge in [-0.25, -0.2) is 4.99 Å². The molecule has 3 atom stereocenters. The first-order valence-electron chi connectivity index (χ1n) is 14.5. The SMILES string of the molecule is CC(C)CNCNC(=O)C(CCC(F)(F)F)C(CCC(F)(F)F)C(=O)NC1N=C(c2ccccc2)c2ccccc2N(C)C1=O. The minimum Gasteiger partial charge on any atom is -0.343 e. The third-order valence-electron chi connectivity index (χ3n) is 7.25. The lowest BCUT2D eigenvalue weighted by molar-refractivity contribution is -0.153. The number of amides is 3. The molecule has 3 rings (SSSR count). The zero-order valence-electron chi connectivity index (χ0n) is 25.1. The summed E-state index contributed by atoms with van der Waals surface area (Å²) in [4.78, 5) is 46.1. The standard InChI is InChI=1S/C31H37F6N5O3/c1-19(2)17-38-18-39-27(43)21(13-15-30(32,33)34)22(14-16-31(35,36)37)28(44)41-26-29(45)42(3)24-12-8-7-11-23(24)25(40-26)20-9-5-4-6-10-20/h4-12,19,21-22,26,38H,13-18H2,1-3H3,(H,39,43)(H,41,44). The Morgan fingerprint density at radius 1 is 0.867 bits per heavy atom. The fraction of sp³-hybridized carbons (Fsp3) is 0.484. The van der Waals surface area contributed by atoms with E-state index in [0.29, 0.717) is 29.1 Å². The minimum absolute atomic E-state index is 0.165. The summed E-state index contributed by atoms with van der Waals surface area (Å²) in [5.74, 6) is -6.38. The zero-order valence-corrected chi connectivity index (χ0v) is 25.1. The molecule has 8 nitrogen and oxygen atoms in total. The van der Waals surface area contributed by atoms with Crippen LogP contribution in [-0.4, -0.2) is 62.2 Å². The highest BCUT2D eigenvalue weighted by Gasteiger charge is 2.41. The molecule has 0 spiro atoms. The van der Waals surface area contributed by atoms with Crippen molar-refractivity contribution in [3.63, 3.8) is 0 Å². The van der Waals surface area contributed by atoms with E-state index in [1.54, 1.807) is 54.6 Å². The van der Waals surface area contributed by atoms with Crippen molar-refractivity contribution in [3.05, 3.63) is 65.7 Å². The van der Waals surface area contributed by atoms with Gasteiger partial charge in [-0.2, -0.15) is 26.3 Å². The van der Waals surface area contributed by atoms with Crippen molar-refractivity contribution in [3.8, 4) is 0 Å². The molecule has 0 saturated carbocycles. The lowest BCUT2D eigenvalue weighted by Crippen LogP contribution is -2.51. The predicted molar refractivity (Wildman–Crippen MR) is 157 cm³/mol. The maximum atomic E-state index is 13.7. The largest absolute Gasteiger partial charge is 0.389 e. The van der Waals surface area contributed by atoms with Crippen molar-refractivity contribution < 1.29 is 40.7 Å². The van der Waals surface area contributed by atoms with Gasteiger partial charge in [0.25, 0.3) is 5.91 Å². The number of rotatable bonds is 13. The number of hydrogen-bond donors (Lipinski definition) is 3. The quantitative estimate of drug-likeness (QED) is 0.159. The molecule has 1 aliphatic heterocycles. The van der Waals surface area contributed by atoms with Gasteiger partial charge >= 0.3 is 12.4 Å². The molecule has 0 aliphatic carbocycles. The van der Waals surface area contributed by atoms with Gasteiger partial charge < -0.3 is 15.5 Å². The molecular weight excluding hydrogens is 604 g/mol. The van der Waals surface area contributed by atoms with Crippen molar-refractivity contribution >= 4 is 29.1 Å². The molecule has 1 heterocycles. The van der Waals surface area contributed by atoms with E-state index in [9.17, 15) is 40.7 Å². The van der Waals surface area contributed by atoms with E-state index in [-0.39, 0.29) is 12.6 Å². The first-order valence-corrected chi connectivity index (χ1v) is 14.5. The molecule has 2 aromatic rings. The average Bonchev–Trinajstić information content (AvgIpc) is 3.06. The number of fused-ring (bicyclic) bond motifs is 1. The fourth-order valence-electron chi connectivity index (χ4n) is 4.99. The molecule has 3 unspecified atom stereocenters. The van der Waals surface area contributed by atoms with E-state index in [1.165, 1.54) is 11.9 Å². The highest BCUT2D eigenvalue weighted by molar-refractivity contribution is 6.20. The fourth-order valence-corrected chi connectivity index (χ4v) is 4.99. The van der Waals surface area contributed by atoms with Crippen LogP contribution in [0.1, 0.15) is 50.7 Å². The summed E-state index contributed by atoms with van der Waals surface area (Å²) in [6.45, 7) is 4.05. The van der Waals surface area contributed by atoms with Crippen LogP contribution < -0.4 is 20.9 Å². The number of hydrogen-bond acceptors (Lipinski definition) is 5. The van der Waals surface area contributed by atoms with Crippen LogP contribution in [0.4, 0.5) is 32.0 Å². The summed E-state index contributed by atoms with van der Waals surface area (Å²) < 4.78 is 79.9. The monoisotopic (exact) mass is 641 g/mol. The molecule has 3 amide bonds. The Labute approximate surface area is 257 Å². The Morgan fingerprint density at radius 2 is 1.42 bits per heavy atom. The van der Waals surface area contributed by atoms with Crippen molar-refractivity contribution in [1.82, 2.24) is 16.0 Å². The molecule has 14 heteroatoms. The number of alkyl halides is 6. The van der Waals surface area contributed by atoms with E-state index >= 15 is 0 Å². The Bertz CT molecular complexity index is 1350. The van der Waals surface area contributed by atoms with Gasteiger partial charge in [0.1, 0.15) is 0 Å². The number of nitrogens with zero attached hydrogens (tertiary/aromatic N) is 2. The predicted octanol–water partition coefficient (Wildman–Crippen LogP) is 5.18. The number of benzodiazepines with no additional fused rings is 1. The topological polar surface area (TPSA) is 103 Å². The summed E-state index contributed by atoms with van der Waals surface area (Å²) in [6.07, 6.45) is -16.1. The zero-order chi connectivity index (χ0) is 33.4. The summed E-state index contributed by atoms with van der Waals surface area (Å²) >= 11 is 0. The summed E-state index contributed by atoms with van der Waals surface area (Å²) in [5, 5.41) is 7.64. The van der Waals surface area contributed by atoms with Gasteiger partial charge in [0, 0.05) is 42.9 Å². The Hall–Kier alpha value is -3.94. The normalized spacial score (nSPS) is 16.8. The molecule has 0 fully saturated rings. The second-order valence-corrected chi connectivity index (χ2v) is 11.3. The molecule has 246 valence electrons. The molecule has 0 saturated heterocycles. The van der Waals surface area contributed by atoms with E-state index in [2.05, 4.69) is 20.9 Å². The highest BCUT2D eigenvalue weighted by atomic mass is 19.4. The van der Waals surface area contributed by atoms with E-state index in [1.807, 2.05) is 13.8 Å². The number of benzene rings is 2. The Morgan fingerprint density at radius 3 is 2.00 bits per heavy atom. The third kappa shape index (κ3) is 10.6. The average molecular weight is 642 g/mol. The van der Waals surface area contributed by atoms with Crippen LogP contribution in [0.2, 0.25) is 0 Å². The lowest BCUT2D eigenvalue weighted by Gasteiger charge is -2.28. The molecule has 45 heavy (non-hydrogen) atoms. The smallest absolute Gasteiger partial charge is 0.343 e. The second kappa shape index (κ2) is 15.4. The molecular formula is C31H37F6N5O3. The second-order valence-electron chi connectivity index (χ2n) is 11.3. The van der Waals surface area contributed by atoms with Crippen LogP contribution >= 0.6 is 0 Å². The molecule has 0 radical (unpaired) electrons. The van der Waals surface area contributed by atoms with Crippen molar-refractivity contribution in [1.29, 1.82) is 0 Å². The van der Waals surface area contributed by atoms with E-state index < -0.39 is 73.8 Å². The molecule has 3 N–H and O–H groups in total. The first-order chi connectivity index (χ1) is 21.1. The van der Waals surface area contributed by atoms with Gasteiger partial charge in [-0.15, -0.1) is 0 Å². The van der Waals surface area contributed by atoms with Gasteiger partial charge in [0.15, 0.2) is 0 Å². The maximum absolute atomic E-state index is 13.7. The molecule has 0 bridgehead atoms. The number of likely N-dealkylation sites (N-methyl/N-ethyl adjacent to an activating group) is 1.